The van der Waals surface area contributed by atoms with Crippen LogP contribution in [-0.2, 0) is 0 Å². The Morgan fingerprint density at radius 3 is 2.17 bits per heavy atom. The van der Waals surface area contributed by atoms with E-state index in [1.165, 1.54) is 11.1 Å². The summed E-state index contributed by atoms with van der Waals surface area (Å²) in [6.45, 7) is 11.1. The van der Waals surface area contributed by atoms with Gasteiger partial charge in [0.25, 0.3) is 0 Å². The highest BCUT2D eigenvalue weighted by Crippen LogP contribution is 2.25. The molecule has 0 heterocycles. The molecule has 0 spiro atoms. The van der Waals surface area contributed by atoms with Crippen molar-refractivity contribution in [2.24, 2.45) is 5.41 Å². The molecule has 0 aliphatic heterocycles. The summed E-state index contributed by atoms with van der Waals surface area (Å²) in [6, 6.07) is 9.26. The van der Waals surface area contributed by atoms with E-state index in [2.05, 4.69) is 64.2 Å². The van der Waals surface area contributed by atoms with E-state index < -0.39 is 0 Å². The summed E-state index contributed by atoms with van der Waals surface area (Å²) in [7, 11) is 0. The Bertz CT molecular complexity index is 350. The Balaban J connectivity index is 2.72. The van der Waals surface area contributed by atoms with Crippen LogP contribution < -0.4 is 5.32 Å². The molecule has 0 amide bonds. The number of aryl methyl sites for hydroxylation is 1. The van der Waals surface area contributed by atoms with Gasteiger partial charge < -0.3 is 10.4 Å². The number of rotatable bonds is 5. The van der Waals surface area contributed by atoms with Gasteiger partial charge in [-0.1, -0.05) is 50.6 Å². The zero-order valence-corrected chi connectivity index (χ0v) is 12.3. The Morgan fingerprint density at radius 2 is 1.72 bits per heavy atom. The zero-order valence-electron chi connectivity index (χ0n) is 12.3. The number of benzene rings is 1. The van der Waals surface area contributed by atoms with E-state index in [-0.39, 0.29) is 12.0 Å². The van der Waals surface area contributed by atoms with Crippen molar-refractivity contribution in [3.8, 4) is 0 Å². The van der Waals surface area contributed by atoms with Crippen LogP contribution in [0, 0.1) is 12.3 Å². The first kappa shape index (κ1) is 15.2. The number of aliphatic hydroxyl groups is 1. The summed E-state index contributed by atoms with van der Waals surface area (Å²) in [4.78, 5) is 0. The van der Waals surface area contributed by atoms with Crippen LogP contribution in [-0.4, -0.2) is 17.8 Å². The van der Waals surface area contributed by atoms with Crippen molar-refractivity contribution in [3.63, 3.8) is 0 Å². The highest BCUT2D eigenvalue weighted by molar-refractivity contribution is 5.23. The Kier molecular flexibility index (Phi) is 5.36. The molecular weight excluding hydrogens is 222 g/mol. The monoisotopic (exact) mass is 249 g/mol. The Morgan fingerprint density at radius 1 is 1.17 bits per heavy atom. The summed E-state index contributed by atoms with van der Waals surface area (Å²) in [5.41, 5.74) is 2.74. The third kappa shape index (κ3) is 4.43. The number of nitrogens with one attached hydrogen (secondary N) is 1. The summed E-state index contributed by atoms with van der Waals surface area (Å²) in [5, 5.41) is 12.8. The molecule has 1 aromatic rings. The van der Waals surface area contributed by atoms with E-state index in [1.807, 2.05) is 0 Å². The van der Waals surface area contributed by atoms with E-state index in [4.69, 9.17) is 0 Å². The quantitative estimate of drug-likeness (QED) is 0.838. The first-order chi connectivity index (χ1) is 8.34. The van der Waals surface area contributed by atoms with Crippen molar-refractivity contribution < 1.29 is 5.11 Å². The van der Waals surface area contributed by atoms with Crippen LogP contribution >= 0.6 is 0 Å². The maximum atomic E-state index is 9.18. The summed E-state index contributed by atoms with van der Waals surface area (Å²) < 4.78 is 0. The van der Waals surface area contributed by atoms with Gasteiger partial charge in [-0.2, -0.15) is 0 Å². The minimum Gasteiger partial charge on any atom is -0.396 e. The fraction of sp³-hybridized carbons (Fsp3) is 0.625. The molecule has 2 heteroatoms. The maximum Gasteiger partial charge on any atom is 0.0446 e. The molecule has 0 aliphatic rings. The van der Waals surface area contributed by atoms with Crippen LogP contribution in [0.4, 0.5) is 0 Å². The van der Waals surface area contributed by atoms with Crippen LogP contribution in [0.25, 0.3) is 0 Å². The SMILES string of the molecule is Cc1ccc(C(C)NC(CCO)C(C)(C)C)cc1. The largest absolute Gasteiger partial charge is 0.396 e. The van der Waals surface area contributed by atoms with Crippen molar-refractivity contribution in [2.75, 3.05) is 6.61 Å². The van der Waals surface area contributed by atoms with Crippen molar-refractivity contribution in [1.29, 1.82) is 0 Å². The van der Waals surface area contributed by atoms with Gasteiger partial charge in [0.05, 0.1) is 0 Å². The summed E-state index contributed by atoms with van der Waals surface area (Å²) in [5.74, 6) is 0. The number of aliphatic hydroxyl groups excluding tert-OH is 1. The van der Waals surface area contributed by atoms with Crippen LogP contribution in [0.1, 0.15) is 51.3 Å². The van der Waals surface area contributed by atoms with Gasteiger partial charge in [0.1, 0.15) is 0 Å². The molecule has 0 aromatic heterocycles. The first-order valence-electron chi connectivity index (χ1n) is 6.78. The van der Waals surface area contributed by atoms with Gasteiger partial charge >= 0.3 is 0 Å². The van der Waals surface area contributed by atoms with E-state index in [1.54, 1.807) is 0 Å². The highest BCUT2D eigenvalue weighted by atomic mass is 16.3. The molecule has 2 N–H and O–H groups in total. The van der Waals surface area contributed by atoms with Gasteiger partial charge in [0, 0.05) is 18.7 Å². The van der Waals surface area contributed by atoms with Crippen LogP contribution in [0.5, 0.6) is 0 Å². The molecule has 2 nitrogen and oxygen atoms in total. The van der Waals surface area contributed by atoms with Gasteiger partial charge in [-0.15, -0.1) is 0 Å². The lowest BCUT2D eigenvalue weighted by Gasteiger charge is -2.34. The summed E-state index contributed by atoms with van der Waals surface area (Å²) in [6.07, 6.45) is 0.791. The molecule has 0 bridgehead atoms. The van der Waals surface area contributed by atoms with Gasteiger partial charge in [0.2, 0.25) is 0 Å². The van der Waals surface area contributed by atoms with E-state index in [0.29, 0.717) is 12.1 Å². The lowest BCUT2D eigenvalue weighted by molar-refractivity contribution is 0.188. The molecule has 1 rings (SSSR count). The molecule has 0 aliphatic carbocycles. The second-order valence-electron chi connectivity index (χ2n) is 6.23. The molecule has 2 atom stereocenters. The smallest absolute Gasteiger partial charge is 0.0446 e. The second kappa shape index (κ2) is 6.35. The fourth-order valence-electron chi connectivity index (χ4n) is 2.15. The number of hydrogen-bond acceptors (Lipinski definition) is 2. The van der Waals surface area contributed by atoms with Gasteiger partial charge in [-0.3, -0.25) is 0 Å². The highest BCUT2D eigenvalue weighted by Gasteiger charge is 2.25. The van der Waals surface area contributed by atoms with Crippen molar-refractivity contribution in [3.05, 3.63) is 35.4 Å². The first-order valence-corrected chi connectivity index (χ1v) is 6.78. The molecular formula is C16H27NO. The van der Waals surface area contributed by atoms with Crippen molar-refractivity contribution in [2.45, 2.75) is 53.1 Å². The third-order valence-corrected chi connectivity index (χ3v) is 3.49. The van der Waals surface area contributed by atoms with Crippen LogP contribution in [0.15, 0.2) is 24.3 Å². The zero-order chi connectivity index (χ0) is 13.8. The van der Waals surface area contributed by atoms with E-state index in [9.17, 15) is 5.11 Å². The molecule has 0 radical (unpaired) electrons. The van der Waals surface area contributed by atoms with Crippen molar-refractivity contribution in [1.82, 2.24) is 5.32 Å². The van der Waals surface area contributed by atoms with E-state index >= 15 is 0 Å². The average molecular weight is 249 g/mol. The number of hydrogen-bond donors (Lipinski definition) is 2. The van der Waals surface area contributed by atoms with Gasteiger partial charge in [-0.25, -0.2) is 0 Å². The minimum atomic E-state index is 0.154. The lowest BCUT2D eigenvalue weighted by Crippen LogP contribution is -2.42. The van der Waals surface area contributed by atoms with Crippen LogP contribution in [0.2, 0.25) is 0 Å². The molecule has 0 saturated carbocycles. The van der Waals surface area contributed by atoms with Crippen molar-refractivity contribution >= 4 is 0 Å². The molecule has 2 unspecified atom stereocenters. The minimum absolute atomic E-state index is 0.154. The van der Waals surface area contributed by atoms with Gasteiger partial charge in [0.15, 0.2) is 0 Å². The maximum absolute atomic E-state index is 9.18. The lowest BCUT2D eigenvalue weighted by atomic mass is 9.84. The standard InChI is InChI=1S/C16H27NO/c1-12-6-8-14(9-7-12)13(2)17-15(10-11-18)16(3,4)5/h6-9,13,15,17-18H,10-11H2,1-5H3. The molecule has 0 fully saturated rings. The van der Waals surface area contributed by atoms with Crippen LogP contribution in [0.3, 0.4) is 0 Å². The Hall–Kier alpha value is -0.860. The fourth-order valence-corrected chi connectivity index (χ4v) is 2.15. The van der Waals surface area contributed by atoms with Gasteiger partial charge in [-0.05, 0) is 31.2 Å². The van der Waals surface area contributed by atoms with E-state index in [0.717, 1.165) is 6.42 Å². The Labute approximate surface area is 111 Å². The third-order valence-electron chi connectivity index (χ3n) is 3.49. The molecule has 1 aromatic carbocycles. The summed E-state index contributed by atoms with van der Waals surface area (Å²) >= 11 is 0. The molecule has 0 saturated heterocycles. The average Bonchev–Trinajstić information content (AvgIpc) is 2.28. The molecule has 102 valence electrons. The topological polar surface area (TPSA) is 32.3 Å². The molecule has 18 heavy (non-hydrogen) atoms. The second-order valence-corrected chi connectivity index (χ2v) is 6.23. The predicted octanol–water partition coefficient (Wildman–Crippen LogP) is 3.44. The normalized spacial score (nSPS) is 15.4. The predicted molar refractivity (Wildman–Crippen MR) is 77.7 cm³/mol.